The number of hydrogen-bond acceptors (Lipinski definition) is 4. The molecule has 14 heavy (non-hydrogen) atoms. The van der Waals surface area contributed by atoms with Crippen molar-refractivity contribution in [3.05, 3.63) is 0 Å². The van der Waals surface area contributed by atoms with Gasteiger partial charge in [0.05, 0.1) is 5.92 Å². The predicted octanol–water partition coefficient (Wildman–Crippen LogP) is -0.0617. The van der Waals surface area contributed by atoms with Crippen LogP contribution >= 0.6 is 0 Å². The Morgan fingerprint density at radius 1 is 1.43 bits per heavy atom. The molecular weight excluding hydrogens is 186 g/mol. The molecule has 1 aliphatic heterocycles. The normalized spacial score (nSPS) is 45.1. The lowest BCUT2D eigenvalue weighted by Crippen LogP contribution is -2.35. The zero-order valence-corrected chi connectivity index (χ0v) is 8.27. The molecule has 0 bridgehead atoms. The van der Waals surface area contributed by atoms with Gasteiger partial charge in [-0.25, -0.2) is 0 Å². The van der Waals surface area contributed by atoms with E-state index in [2.05, 4.69) is 0 Å². The molecule has 4 atom stereocenters. The Hall–Kier alpha value is -0.650. The molecule has 0 amide bonds. The van der Waals surface area contributed by atoms with Crippen molar-refractivity contribution in [1.29, 1.82) is 0 Å². The summed E-state index contributed by atoms with van der Waals surface area (Å²) in [6.07, 6.45) is -0.232. The van der Waals surface area contributed by atoms with Crippen molar-refractivity contribution in [3.63, 3.8) is 0 Å². The van der Waals surface area contributed by atoms with E-state index in [1.165, 1.54) is 0 Å². The SMILES string of the molecule is CC1(C)OC2C(N)CC(C(=O)O)C2O1. The number of carboxylic acids is 1. The van der Waals surface area contributed by atoms with Crippen LogP contribution in [0.2, 0.25) is 0 Å². The highest BCUT2D eigenvalue weighted by Crippen LogP contribution is 2.40. The van der Waals surface area contributed by atoms with Gasteiger partial charge in [-0.05, 0) is 20.3 Å². The van der Waals surface area contributed by atoms with Crippen LogP contribution in [0.25, 0.3) is 0 Å². The van der Waals surface area contributed by atoms with Gasteiger partial charge in [0, 0.05) is 6.04 Å². The highest BCUT2D eigenvalue weighted by Gasteiger charge is 2.55. The third kappa shape index (κ3) is 1.41. The summed E-state index contributed by atoms with van der Waals surface area (Å²) in [7, 11) is 0. The van der Waals surface area contributed by atoms with E-state index >= 15 is 0 Å². The van der Waals surface area contributed by atoms with E-state index in [0.29, 0.717) is 6.42 Å². The van der Waals surface area contributed by atoms with Crippen LogP contribution in [0, 0.1) is 5.92 Å². The molecule has 0 spiro atoms. The van der Waals surface area contributed by atoms with Gasteiger partial charge >= 0.3 is 5.97 Å². The summed E-state index contributed by atoms with van der Waals surface area (Å²) in [5.74, 6) is -2.09. The van der Waals surface area contributed by atoms with Crippen molar-refractivity contribution in [2.75, 3.05) is 0 Å². The Labute approximate surface area is 82.2 Å². The smallest absolute Gasteiger partial charge is 0.309 e. The van der Waals surface area contributed by atoms with E-state index in [1.54, 1.807) is 13.8 Å². The fourth-order valence-electron chi connectivity index (χ4n) is 2.26. The molecule has 0 aromatic rings. The predicted molar refractivity (Wildman–Crippen MR) is 47.5 cm³/mol. The lowest BCUT2D eigenvalue weighted by atomic mass is 10.1. The van der Waals surface area contributed by atoms with Crippen LogP contribution in [0.15, 0.2) is 0 Å². The van der Waals surface area contributed by atoms with Crippen molar-refractivity contribution in [2.45, 2.75) is 44.3 Å². The Bertz CT molecular complexity index is 266. The Balaban J connectivity index is 2.19. The van der Waals surface area contributed by atoms with Gasteiger partial charge in [0.2, 0.25) is 0 Å². The number of aliphatic carboxylic acids is 1. The fraction of sp³-hybridized carbons (Fsp3) is 0.889. The van der Waals surface area contributed by atoms with Crippen molar-refractivity contribution < 1.29 is 19.4 Å². The third-order valence-electron chi connectivity index (χ3n) is 2.83. The molecule has 1 saturated heterocycles. The fourth-order valence-corrected chi connectivity index (χ4v) is 2.26. The third-order valence-corrected chi connectivity index (χ3v) is 2.83. The van der Waals surface area contributed by atoms with Gasteiger partial charge in [-0.1, -0.05) is 0 Å². The molecule has 2 rings (SSSR count). The van der Waals surface area contributed by atoms with Crippen LogP contribution in [0.5, 0.6) is 0 Å². The van der Waals surface area contributed by atoms with Gasteiger partial charge in [-0.15, -0.1) is 0 Å². The lowest BCUT2D eigenvalue weighted by molar-refractivity contribution is -0.166. The Morgan fingerprint density at radius 2 is 2.00 bits per heavy atom. The zero-order chi connectivity index (χ0) is 10.5. The van der Waals surface area contributed by atoms with E-state index in [9.17, 15) is 4.79 Å². The number of fused-ring (bicyclic) bond motifs is 1. The molecule has 0 radical (unpaired) electrons. The summed E-state index contributed by atoms with van der Waals surface area (Å²) in [6, 6.07) is -0.233. The molecule has 0 aromatic carbocycles. The molecule has 1 saturated carbocycles. The monoisotopic (exact) mass is 201 g/mol. The number of hydrogen-bond donors (Lipinski definition) is 2. The van der Waals surface area contributed by atoms with Crippen LogP contribution in [-0.2, 0) is 14.3 Å². The van der Waals surface area contributed by atoms with Gasteiger partial charge < -0.3 is 20.3 Å². The van der Waals surface area contributed by atoms with Crippen LogP contribution in [0.1, 0.15) is 20.3 Å². The molecule has 80 valence electrons. The summed E-state index contributed by atoms with van der Waals surface area (Å²) < 4.78 is 11.1. The van der Waals surface area contributed by atoms with E-state index in [4.69, 9.17) is 20.3 Å². The zero-order valence-electron chi connectivity index (χ0n) is 8.27. The lowest BCUT2D eigenvalue weighted by Gasteiger charge is -2.20. The second-order valence-electron chi connectivity index (χ2n) is 4.41. The van der Waals surface area contributed by atoms with Crippen LogP contribution in [-0.4, -0.2) is 35.1 Å². The number of ether oxygens (including phenoxy) is 2. The number of carboxylic acid groups (broad SMARTS) is 1. The minimum Gasteiger partial charge on any atom is -0.481 e. The second-order valence-corrected chi connectivity index (χ2v) is 4.41. The average molecular weight is 201 g/mol. The molecule has 3 N–H and O–H groups in total. The van der Waals surface area contributed by atoms with E-state index in [-0.39, 0.29) is 12.1 Å². The first-order valence-corrected chi connectivity index (χ1v) is 4.75. The summed E-state index contributed by atoms with van der Waals surface area (Å²) in [4.78, 5) is 10.9. The maximum Gasteiger partial charge on any atom is 0.309 e. The van der Waals surface area contributed by atoms with Gasteiger partial charge in [0.1, 0.15) is 12.2 Å². The van der Waals surface area contributed by atoms with Gasteiger partial charge in [-0.2, -0.15) is 0 Å². The van der Waals surface area contributed by atoms with Crippen LogP contribution < -0.4 is 5.73 Å². The molecular formula is C9H15NO4. The van der Waals surface area contributed by atoms with Crippen molar-refractivity contribution in [2.24, 2.45) is 11.7 Å². The minimum absolute atomic E-state index is 0.233. The largest absolute Gasteiger partial charge is 0.481 e. The molecule has 5 heteroatoms. The minimum atomic E-state index is -0.853. The van der Waals surface area contributed by atoms with Crippen LogP contribution in [0.3, 0.4) is 0 Å². The number of rotatable bonds is 1. The summed E-state index contributed by atoms with van der Waals surface area (Å²) in [5.41, 5.74) is 5.80. The second kappa shape index (κ2) is 2.92. The van der Waals surface area contributed by atoms with Gasteiger partial charge in [0.15, 0.2) is 5.79 Å². The first kappa shape index (κ1) is 9.89. The van der Waals surface area contributed by atoms with E-state index in [0.717, 1.165) is 0 Å². The summed E-state index contributed by atoms with van der Waals surface area (Å²) in [6.45, 7) is 3.55. The molecule has 4 unspecified atom stereocenters. The maximum atomic E-state index is 10.9. The highest BCUT2D eigenvalue weighted by molar-refractivity contribution is 5.71. The molecule has 2 fully saturated rings. The quantitative estimate of drug-likeness (QED) is 0.621. The van der Waals surface area contributed by atoms with Gasteiger partial charge in [0.25, 0.3) is 0 Å². The number of nitrogens with two attached hydrogens (primary N) is 1. The van der Waals surface area contributed by atoms with E-state index < -0.39 is 23.8 Å². The Morgan fingerprint density at radius 3 is 2.57 bits per heavy atom. The van der Waals surface area contributed by atoms with Crippen molar-refractivity contribution >= 4 is 5.97 Å². The number of carbonyl (C=O) groups is 1. The van der Waals surface area contributed by atoms with Crippen molar-refractivity contribution in [1.82, 2.24) is 0 Å². The molecule has 1 aliphatic carbocycles. The first-order chi connectivity index (χ1) is 6.41. The van der Waals surface area contributed by atoms with Crippen LogP contribution in [0.4, 0.5) is 0 Å². The molecule has 1 heterocycles. The van der Waals surface area contributed by atoms with Crippen molar-refractivity contribution in [3.8, 4) is 0 Å². The summed E-state index contributed by atoms with van der Waals surface area (Å²) in [5, 5.41) is 8.96. The van der Waals surface area contributed by atoms with Gasteiger partial charge in [-0.3, -0.25) is 4.79 Å². The molecule has 5 nitrogen and oxygen atoms in total. The average Bonchev–Trinajstić information content (AvgIpc) is 2.47. The van der Waals surface area contributed by atoms with E-state index in [1.807, 2.05) is 0 Å². The summed E-state index contributed by atoms with van der Waals surface area (Å²) >= 11 is 0. The maximum absolute atomic E-state index is 10.9. The standard InChI is InChI=1S/C9H15NO4/c1-9(2)13-6-4(8(11)12)3-5(10)7(6)14-9/h4-7H,3,10H2,1-2H3,(H,11,12). The topological polar surface area (TPSA) is 81.8 Å². The highest BCUT2D eigenvalue weighted by atomic mass is 16.8. The Kier molecular flexibility index (Phi) is 2.06. The molecule has 2 aliphatic rings. The molecule has 0 aromatic heterocycles. The first-order valence-electron chi connectivity index (χ1n) is 4.75.